The molecule has 186 valence electrons. The van der Waals surface area contributed by atoms with Crippen molar-refractivity contribution in [2.75, 3.05) is 24.2 Å². The Balaban J connectivity index is 2.22. The number of hydrogen-bond acceptors (Lipinski definition) is 4. The predicted molar refractivity (Wildman–Crippen MR) is 138 cm³/mol. The number of amides is 2. The summed E-state index contributed by atoms with van der Waals surface area (Å²) in [7, 11) is -2.06. The van der Waals surface area contributed by atoms with E-state index in [1.165, 1.54) is 16.3 Å². The summed E-state index contributed by atoms with van der Waals surface area (Å²) in [6.45, 7) is 5.61. The van der Waals surface area contributed by atoms with Gasteiger partial charge in [0.2, 0.25) is 21.8 Å². The highest BCUT2D eigenvalue weighted by Gasteiger charge is 2.27. The Morgan fingerprint density at radius 2 is 1.62 bits per heavy atom. The quantitative estimate of drug-likeness (QED) is 0.498. The van der Waals surface area contributed by atoms with Crippen LogP contribution in [0.5, 0.6) is 0 Å². The van der Waals surface area contributed by atoms with Crippen LogP contribution < -0.4 is 9.62 Å². The van der Waals surface area contributed by atoms with Gasteiger partial charge in [-0.15, -0.1) is 0 Å². The fourth-order valence-electron chi connectivity index (χ4n) is 3.74. The molecule has 0 saturated carbocycles. The van der Waals surface area contributed by atoms with Crippen LogP contribution in [0.3, 0.4) is 0 Å². The van der Waals surface area contributed by atoms with Crippen LogP contribution in [0.25, 0.3) is 0 Å². The second-order valence-corrected chi connectivity index (χ2v) is 11.0. The van der Waals surface area contributed by atoms with Crippen LogP contribution in [-0.2, 0) is 26.2 Å². The van der Waals surface area contributed by atoms with Crippen molar-refractivity contribution in [3.05, 3.63) is 63.1 Å². The normalized spacial score (nSPS) is 12.2. The summed E-state index contributed by atoms with van der Waals surface area (Å²) in [5, 5.41) is 3.35. The first-order chi connectivity index (χ1) is 15.8. The van der Waals surface area contributed by atoms with Crippen LogP contribution >= 0.6 is 23.2 Å². The smallest absolute Gasteiger partial charge is 0.242 e. The molecular formula is C24H31Cl2N3O4S. The van der Waals surface area contributed by atoms with Gasteiger partial charge in [-0.1, -0.05) is 35.3 Å². The highest BCUT2D eigenvalue weighted by molar-refractivity contribution is 7.92. The Labute approximate surface area is 212 Å². The Bertz CT molecular complexity index is 1110. The highest BCUT2D eigenvalue weighted by Crippen LogP contribution is 2.27. The van der Waals surface area contributed by atoms with Crippen LogP contribution in [0.15, 0.2) is 36.4 Å². The number of nitrogens with zero attached hydrogens (tertiary/aromatic N) is 2. The number of anilines is 1. The van der Waals surface area contributed by atoms with Gasteiger partial charge in [-0.3, -0.25) is 13.9 Å². The number of halogens is 2. The third-order valence-electron chi connectivity index (χ3n) is 5.45. The van der Waals surface area contributed by atoms with Crippen LogP contribution in [0.4, 0.5) is 5.69 Å². The lowest BCUT2D eigenvalue weighted by Crippen LogP contribution is -2.47. The van der Waals surface area contributed by atoms with Crippen LogP contribution in [0.2, 0.25) is 10.0 Å². The van der Waals surface area contributed by atoms with Crippen LogP contribution in [0.1, 0.15) is 36.5 Å². The van der Waals surface area contributed by atoms with Gasteiger partial charge >= 0.3 is 0 Å². The maximum atomic E-state index is 13.2. The van der Waals surface area contributed by atoms with E-state index in [1.54, 1.807) is 37.3 Å². The number of hydrogen-bond donors (Lipinski definition) is 1. The molecule has 0 fully saturated rings. The minimum absolute atomic E-state index is 0.0419. The molecule has 10 heteroatoms. The van der Waals surface area contributed by atoms with E-state index in [0.717, 1.165) is 17.4 Å². The van der Waals surface area contributed by atoms with E-state index in [9.17, 15) is 18.0 Å². The standard InChI is InChI=1S/C24H31Cl2N3O4S/c1-16-12-17(2)14-19(13-16)29(34(5,32)33)11-7-10-23(30)28(18(3)24(31)27-4)15-20-21(25)8-6-9-22(20)26/h6,8-9,12-14,18H,7,10-11,15H2,1-5H3,(H,27,31)/t18-/m1/s1. The lowest BCUT2D eigenvalue weighted by atomic mass is 10.1. The molecule has 0 spiro atoms. The number of aryl methyl sites for hydroxylation is 2. The van der Waals surface area contributed by atoms with Gasteiger partial charge in [-0.05, 0) is 62.6 Å². The Morgan fingerprint density at radius 1 is 1.06 bits per heavy atom. The van der Waals surface area contributed by atoms with Gasteiger partial charge in [-0.25, -0.2) is 8.42 Å². The molecule has 2 amide bonds. The number of benzene rings is 2. The monoisotopic (exact) mass is 527 g/mol. The van der Waals surface area contributed by atoms with Crippen molar-refractivity contribution in [1.29, 1.82) is 0 Å². The maximum Gasteiger partial charge on any atom is 0.242 e. The van der Waals surface area contributed by atoms with Gasteiger partial charge < -0.3 is 10.2 Å². The number of rotatable bonds is 10. The second-order valence-electron chi connectivity index (χ2n) is 8.30. The minimum Gasteiger partial charge on any atom is -0.357 e. The number of carbonyl (C=O) groups is 2. The molecule has 2 aromatic rings. The van der Waals surface area contributed by atoms with Gasteiger partial charge in [-0.2, -0.15) is 0 Å². The minimum atomic E-state index is -3.55. The molecule has 2 aromatic carbocycles. The van der Waals surface area contributed by atoms with E-state index in [1.807, 2.05) is 19.9 Å². The largest absolute Gasteiger partial charge is 0.357 e. The molecule has 0 aliphatic heterocycles. The van der Waals surface area contributed by atoms with Crippen LogP contribution in [0, 0.1) is 13.8 Å². The lowest BCUT2D eigenvalue weighted by Gasteiger charge is -2.29. The fourth-order valence-corrected chi connectivity index (χ4v) is 5.21. The van der Waals surface area contributed by atoms with E-state index in [-0.39, 0.29) is 37.7 Å². The first-order valence-electron chi connectivity index (χ1n) is 10.8. The molecule has 0 heterocycles. The van der Waals surface area contributed by atoms with E-state index >= 15 is 0 Å². The summed E-state index contributed by atoms with van der Waals surface area (Å²) in [6.07, 6.45) is 1.46. The topological polar surface area (TPSA) is 86.8 Å². The summed E-state index contributed by atoms with van der Waals surface area (Å²) < 4.78 is 26.2. The molecule has 0 aromatic heterocycles. The molecule has 0 aliphatic rings. The molecule has 0 radical (unpaired) electrons. The maximum absolute atomic E-state index is 13.2. The Morgan fingerprint density at radius 3 is 2.12 bits per heavy atom. The zero-order valence-corrected chi connectivity index (χ0v) is 22.4. The van der Waals surface area contributed by atoms with E-state index in [0.29, 0.717) is 21.3 Å². The zero-order chi connectivity index (χ0) is 25.6. The molecule has 1 atom stereocenters. The first kappa shape index (κ1) is 28.0. The zero-order valence-electron chi connectivity index (χ0n) is 20.1. The first-order valence-corrected chi connectivity index (χ1v) is 13.5. The molecule has 2 rings (SSSR count). The van der Waals surface area contributed by atoms with Gasteiger partial charge in [0.25, 0.3) is 0 Å². The van der Waals surface area contributed by atoms with Gasteiger partial charge in [0, 0.05) is 42.2 Å². The number of carbonyl (C=O) groups excluding carboxylic acids is 2. The van der Waals surface area contributed by atoms with Crippen molar-refractivity contribution in [1.82, 2.24) is 10.2 Å². The Hall–Kier alpha value is -2.29. The van der Waals surface area contributed by atoms with Crippen molar-refractivity contribution in [2.45, 2.75) is 46.2 Å². The van der Waals surface area contributed by atoms with Crippen molar-refractivity contribution < 1.29 is 18.0 Å². The lowest BCUT2D eigenvalue weighted by molar-refractivity contribution is -0.140. The molecule has 0 unspecified atom stereocenters. The average Bonchev–Trinajstić information content (AvgIpc) is 2.73. The van der Waals surface area contributed by atoms with Crippen molar-refractivity contribution >= 4 is 50.7 Å². The van der Waals surface area contributed by atoms with Crippen molar-refractivity contribution in [2.24, 2.45) is 0 Å². The van der Waals surface area contributed by atoms with Gasteiger partial charge in [0.1, 0.15) is 6.04 Å². The molecule has 7 nitrogen and oxygen atoms in total. The molecule has 0 aliphatic carbocycles. The highest BCUT2D eigenvalue weighted by atomic mass is 35.5. The third-order valence-corrected chi connectivity index (χ3v) is 7.35. The molecule has 0 saturated heterocycles. The third kappa shape index (κ3) is 7.35. The Kier molecular flexibility index (Phi) is 9.79. The van der Waals surface area contributed by atoms with E-state index in [4.69, 9.17) is 23.2 Å². The fraction of sp³-hybridized carbons (Fsp3) is 0.417. The number of likely N-dealkylation sites (N-methyl/N-ethyl adjacent to an activating group) is 1. The summed E-state index contributed by atoms with van der Waals surface area (Å²) in [4.78, 5) is 26.9. The summed E-state index contributed by atoms with van der Waals surface area (Å²) in [5.74, 6) is -0.634. The van der Waals surface area contributed by atoms with Gasteiger partial charge in [0.05, 0.1) is 11.9 Å². The summed E-state index contributed by atoms with van der Waals surface area (Å²) in [5.41, 5.74) is 3.00. The molecular weight excluding hydrogens is 497 g/mol. The molecule has 1 N–H and O–H groups in total. The van der Waals surface area contributed by atoms with Crippen LogP contribution in [-0.4, -0.2) is 51.0 Å². The molecule has 34 heavy (non-hydrogen) atoms. The molecule has 0 bridgehead atoms. The van der Waals surface area contributed by atoms with E-state index in [2.05, 4.69) is 5.32 Å². The number of nitrogens with one attached hydrogen (secondary N) is 1. The van der Waals surface area contributed by atoms with E-state index < -0.39 is 16.1 Å². The number of sulfonamides is 1. The predicted octanol–water partition coefficient (Wildman–Crippen LogP) is 4.32. The summed E-state index contributed by atoms with van der Waals surface area (Å²) >= 11 is 12.6. The van der Waals surface area contributed by atoms with Crippen molar-refractivity contribution in [3.63, 3.8) is 0 Å². The SMILES string of the molecule is CNC(=O)[C@@H](C)N(Cc1c(Cl)cccc1Cl)C(=O)CCCN(c1cc(C)cc(C)c1)S(C)(=O)=O. The second kappa shape index (κ2) is 11.9. The summed E-state index contributed by atoms with van der Waals surface area (Å²) in [6, 6.07) is 9.84. The van der Waals surface area contributed by atoms with Gasteiger partial charge in [0.15, 0.2) is 0 Å². The average molecular weight is 529 g/mol. The van der Waals surface area contributed by atoms with Crippen molar-refractivity contribution in [3.8, 4) is 0 Å².